The highest BCUT2D eigenvalue weighted by Gasteiger charge is 2.06. The van der Waals surface area contributed by atoms with Crippen LogP contribution >= 0.6 is 15.9 Å². The van der Waals surface area contributed by atoms with E-state index in [2.05, 4.69) is 22.9 Å². The average molecular weight is 285 g/mol. The zero-order valence-electron chi connectivity index (χ0n) is 9.75. The molecular formula is C13H17BrO2. The summed E-state index contributed by atoms with van der Waals surface area (Å²) in [7, 11) is 0. The van der Waals surface area contributed by atoms with Gasteiger partial charge in [-0.15, -0.1) is 0 Å². The van der Waals surface area contributed by atoms with E-state index in [0.717, 1.165) is 17.7 Å². The summed E-state index contributed by atoms with van der Waals surface area (Å²) in [4.78, 5) is 11.3. The summed E-state index contributed by atoms with van der Waals surface area (Å²) in [6.07, 6.45) is 1.41. The van der Waals surface area contributed by atoms with Crippen molar-refractivity contribution in [1.82, 2.24) is 0 Å². The van der Waals surface area contributed by atoms with Crippen molar-refractivity contribution in [3.63, 3.8) is 0 Å². The Morgan fingerprint density at radius 3 is 2.69 bits per heavy atom. The number of hydrogen-bond donors (Lipinski definition) is 0. The summed E-state index contributed by atoms with van der Waals surface area (Å²) in [5.41, 5.74) is 2.21. The third-order valence-electron chi connectivity index (χ3n) is 2.36. The second kappa shape index (κ2) is 6.69. The number of rotatable bonds is 6. The minimum Gasteiger partial charge on any atom is -0.494 e. The van der Waals surface area contributed by atoms with E-state index in [0.29, 0.717) is 18.4 Å². The molecular weight excluding hydrogens is 268 g/mol. The predicted octanol–water partition coefficient (Wildman–Crippen LogP) is 3.15. The summed E-state index contributed by atoms with van der Waals surface area (Å²) >= 11 is 3.17. The van der Waals surface area contributed by atoms with Crippen molar-refractivity contribution in [3.05, 3.63) is 29.3 Å². The first-order valence-corrected chi connectivity index (χ1v) is 6.65. The normalized spacial score (nSPS) is 10.2. The lowest BCUT2D eigenvalue weighted by molar-refractivity contribution is -0.115. The maximum atomic E-state index is 11.3. The Balaban J connectivity index is 2.88. The van der Waals surface area contributed by atoms with Gasteiger partial charge >= 0.3 is 0 Å². The van der Waals surface area contributed by atoms with Crippen molar-refractivity contribution in [2.45, 2.75) is 26.7 Å². The lowest BCUT2D eigenvalue weighted by Crippen LogP contribution is -2.04. The number of benzene rings is 1. The number of carbonyl (C=O) groups is 1. The Labute approximate surface area is 105 Å². The van der Waals surface area contributed by atoms with Crippen molar-refractivity contribution < 1.29 is 9.53 Å². The molecule has 0 unspecified atom stereocenters. The topological polar surface area (TPSA) is 26.3 Å². The van der Waals surface area contributed by atoms with Gasteiger partial charge in [0.05, 0.1) is 11.9 Å². The molecule has 2 nitrogen and oxygen atoms in total. The summed E-state index contributed by atoms with van der Waals surface area (Å²) in [6, 6.07) is 6.02. The van der Waals surface area contributed by atoms with Crippen LogP contribution in [0, 0.1) is 0 Å². The number of alkyl halides is 1. The molecule has 0 amide bonds. The number of hydrogen-bond acceptors (Lipinski definition) is 2. The van der Waals surface area contributed by atoms with Crippen LogP contribution in [0.5, 0.6) is 5.75 Å². The first kappa shape index (κ1) is 13.2. The van der Waals surface area contributed by atoms with Crippen LogP contribution < -0.4 is 4.74 Å². The number of halogens is 1. The van der Waals surface area contributed by atoms with Crippen LogP contribution in [0.2, 0.25) is 0 Å². The van der Waals surface area contributed by atoms with Gasteiger partial charge < -0.3 is 4.74 Å². The summed E-state index contributed by atoms with van der Waals surface area (Å²) in [5.74, 6) is 1.09. The molecule has 0 radical (unpaired) electrons. The molecule has 1 aromatic carbocycles. The Bertz CT molecular complexity index is 361. The molecule has 3 heteroatoms. The second-order valence-corrected chi connectivity index (χ2v) is 4.14. The highest BCUT2D eigenvalue weighted by atomic mass is 79.9. The van der Waals surface area contributed by atoms with E-state index in [1.165, 1.54) is 5.56 Å². The summed E-state index contributed by atoms with van der Waals surface area (Å²) in [5, 5.41) is 0.409. The van der Waals surface area contributed by atoms with Crippen molar-refractivity contribution in [2.24, 2.45) is 0 Å². The highest BCUT2D eigenvalue weighted by molar-refractivity contribution is 9.09. The van der Waals surface area contributed by atoms with Crippen LogP contribution in [0.1, 0.15) is 25.0 Å². The van der Waals surface area contributed by atoms with Gasteiger partial charge in [-0.2, -0.15) is 0 Å². The Kier molecular flexibility index (Phi) is 5.53. The maximum Gasteiger partial charge on any atom is 0.147 e. The van der Waals surface area contributed by atoms with Crippen LogP contribution in [-0.2, 0) is 17.6 Å². The van der Waals surface area contributed by atoms with E-state index in [1.54, 1.807) is 0 Å². The highest BCUT2D eigenvalue weighted by Crippen LogP contribution is 2.21. The molecule has 0 aliphatic carbocycles. The SMILES string of the molecule is CCOc1cc(CC(=O)CBr)ccc1CC. The minimum atomic E-state index is 0.187. The van der Waals surface area contributed by atoms with E-state index >= 15 is 0 Å². The molecule has 0 heterocycles. The van der Waals surface area contributed by atoms with Gasteiger partial charge in [-0.1, -0.05) is 35.0 Å². The van der Waals surface area contributed by atoms with Crippen molar-refractivity contribution in [2.75, 3.05) is 11.9 Å². The summed E-state index contributed by atoms with van der Waals surface area (Å²) in [6.45, 7) is 4.72. The third-order valence-corrected chi connectivity index (χ3v) is 2.99. The molecule has 16 heavy (non-hydrogen) atoms. The van der Waals surface area contributed by atoms with E-state index in [-0.39, 0.29) is 5.78 Å². The fourth-order valence-corrected chi connectivity index (χ4v) is 1.76. The van der Waals surface area contributed by atoms with Gasteiger partial charge in [0.15, 0.2) is 0 Å². The number of aryl methyl sites for hydroxylation is 1. The first-order valence-electron chi connectivity index (χ1n) is 5.53. The second-order valence-electron chi connectivity index (χ2n) is 3.58. The Hall–Kier alpha value is -0.830. The molecule has 88 valence electrons. The Morgan fingerprint density at radius 2 is 2.12 bits per heavy atom. The zero-order valence-corrected chi connectivity index (χ0v) is 11.3. The molecule has 0 spiro atoms. The predicted molar refractivity (Wildman–Crippen MR) is 69.5 cm³/mol. The molecule has 0 aliphatic rings. The number of carbonyl (C=O) groups excluding carboxylic acids is 1. The standard InChI is InChI=1S/C13H17BrO2/c1-3-11-6-5-10(7-12(15)9-14)8-13(11)16-4-2/h5-6,8H,3-4,7,9H2,1-2H3. The molecule has 0 N–H and O–H groups in total. The molecule has 0 bridgehead atoms. The molecule has 0 fully saturated rings. The van der Waals surface area contributed by atoms with E-state index in [9.17, 15) is 4.79 Å². The molecule has 0 atom stereocenters. The van der Waals surface area contributed by atoms with Gasteiger partial charge in [-0.25, -0.2) is 0 Å². The molecule has 0 aromatic heterocycles. The monoisotopic (exact) mass is 284 g/mol. The lowest BCUT2D eigenvalue weighted by Gasteiger charge is -2.10. The van der Waals surface area contributed by atoms with Crippen molar-refractivity contribution >= 4 is 21.7 Å². The fraction of sp³-hybridized carbons (Fsp3) is 0.462. The first-order chi connectivity index (χ1) is 7.71. The minimum absolute atomic E-state index is 0.187. The van der Waals surface area contributed by atoms with Gasteiger partial charge in [0.25, 0.3) is 0 Å². The summed E-state index contributed by atoms with van der Waals surface area (Å²) < 4.78 is 5.56. The van der Waals surface area contributed by atoms with E-state index < -0.39 is 0 Å². The average Bonchev–Trinajstić information content (AvgIpc) is 2.30. The quantitative estimate of drug-likeness (QED) is 0.750. The number of ether oxygens (including phenoxy) is 1. The van der Waals surface area contributed by atoms with Gasteiger partial charge in [0.2, 0.25) is 0 Å². The third kappa shape index (κ3) is 3.63. The number of Topliss-reactive ketones (excluding diaryl/α,β-unsaturated/α-hetero) is 1. The molecule has 0 saturated heterocycles. The van der Waals surface area contributed by atoms with Crippen molar-refractivity contribution in [3.8, 4) is 5.75 Å². The van der Waals surface area contributed by atoms with Crippen LogP contribution in [0.3, 0.4) is 0 Å². The van der Waals surface area contributed by atoms with Gasteiger partial charge in [-0.3, -0.25) is 4.79 Å². The van der Waals surface area contributed by atoms with Crippen LogP contribution in [0.4, 0.5) is 0 Å². The lowest BCUT2D eigenvalue weighted by atomic mass is 10.0. The largest absolute Gasteiger partial charge is 0.494 e. The molecule has 1 aromatic rings. The van der Waals surface area contributed by atoms with Crippen LogP contribution in [0.25, 0.3) is 0 Å². The van der Waals surface area contributed by atoms with Crippen molar-refractivity contribution in [1.29, 1.82) is 0 Å². The van der Waals surface area contributed by atoms with E-state index in [4.69, 9.17) is 4.74 Å². The smallest absolute Gasteiger partial charge is 0.147 e. The number of ketones is 1. The van der Waals surface area contributed by atoms with Gasteiger partial charge in [0.1, 0.15) is 11.5 Å². The van der Waals surface area contributed by atoms with Crippen LogP contribution in [0.15, 0.2) is 18.2 Å². The zero-order chi connectivity index (χ0) is 12.0. The molecule has 1 rings (SSSR count). The molecule has 0 saturated carbocycles. The van der Waals surface area contributed by atoms with Gasteiger partial charge in [-0.05, 0) is 30.5 Å². The molecule has 0 aliphatic heterocycles. The van der Waals surface area contributed by atoms with Gasteiger partial charge in [0, 0.05) is 6.42 Å². The maximum absolute atomic E-state index is 11.3. The van der Waals surface area contributed by atoms with Crippen LogP contribution in [-0.4, -0.2) is 17.7 Å². The Morgan fingerprint density at radius 1 is 1.38 bits per heavy atom. The fourth-order valence-electron chi connectivity index (χ4n) is 1.57. The van der Waals surface area contributed by atoms with E-state index in [1.807, 2.05) is 25.1 Å².